The van der Waals surface area contributed by atoms with E-state index in [-0.39, 0.29) is 0 Å². The SMILES string of the molecule is Cc1nn(C)c(N(C)Cc2ccccc2Br)c1CBr. The molecule has 1 aromatic heterocycles. The molecule has 1 aromatic carbocycles. The molecule has 0 aliphatic rings. The number of hydrogen-bond donors (Lipinski definition) is 0. The third-order valence-electron chi connectivity index (χ3n) is 3.17. The van der Waals surface area contributed by atoms with Crippen molar-refractivity contribution in [3.8, 4) is 0 Å². The molecule has 0 saturated carbocycles. The smallest absolute Gasteiger partial charge is 0.130 e. The van der Waals surface area contributed by atoms with Gasteiger partial charge in [0.1, 0.15) is 5.82 Å². The van der Waals surface area contributed by atoms with Gasteiger partial charge in [-0.3, -0.25) is 4.68 Å². The molecule has 0 saturated heterocycles. The van der Waals surface area contributed by atoms with Crippen LogP contribution in [0, 0.1) is 6.92 Å². The number of benzene rings is 1. The van der Waals surface area contributed by atoms with Crippen molar-refractivity contribution in [1.82, 2.24) is 9.78 Å². The van der Waals surface area contributed by atoms with E-state index in [2.05, 4.69) is 67.1 Å². The van der Waals surface area contributed by atoms with E-state index in [1.165, 1.54) is 11.1 Å². The van der Waals surface area contributed by atoms with Crippen LogP contribution in [0.4, 0.5) is 5.82 Å². The Morgan fingerprint density at radius 1 is 1.32 bits per heavy atom. The minimum Gasteiger partial charge on any atom is -0.355 e. The van der Waals surface area contributed by atoms with Crippen LogP contribution in [0.25, 0.3) is 0 Å². The summed E-state index contributed by atoms with van der Waals surface area (Å²) in [6, 6.07) is 8.31. The van der Waals surface area contributed by atoms with Gasteiger partial charge in [0.15, 0.2) is 0 Å². The maximum absolute atomic E-state index is 4.50. The number of alkyl halides is 1. The van der Waals surface area contributed by atoms with Crippen molar-refractivity contribution in [1.29, 1.82) is 0 Å². The second kappa shape index (κ2) is 6.09. The van der Waals surface area contributed by atoms with Crippen LogP contribution in [0.5, 0.6) is 0 Å². The highest BCUT2D eigenvalue weighted by Gasteiger charge is 2.16. The second-order valence-electron chi connectivity index (χ2n) is 4.59. The summed E-state index contributed by atoms with van der Waals surface area (Å²) in [4.78, 5) is 2.23. The summed E-state index contributed by atoms with van der Waals surface area (Å²) in [5.74, 6) is 1.16. The zero-order valence-electron chi connectivity index (χ0n) is 11.3. The molecular formula is C14H17Br2N3. The Bertz CT molecular complexity index is 578. The van der Waals surface area contributed by atoms with Gasteiger partial charge in [0, 0.05) is 36.0 Å². The van der Waals surface area contributed by atoms with Crippen LogP contribution in [-0.4, -0.2) is 16.8 Å². The van der Waals surface area contributed by atoms with Gasteiger partial charge in [0.2, 0.25) is 0 Å². The first-order chi connectivity index (χ1) is 9.04. The summed E-state index contributed by atoms with van der Waals surface area (Å²) in [7, 11) is 4.09. The Balaban J connectivity index is 2.30. The Morgan fingerprint density at radius 3 is 2.63 bits per heavy atom. The number of hydrogen-bond acceptors (Lipinski definition) is 2. The summed E-state index contributed by atoms with van der Waals surface area (Å²) < 4.78 is 3.09. The Morgan fingerprint density at radius 2 is 2.00 bits per heavy atom. The minimum atomic E-state index is 0.822. The van der Waals surface area contributed by atoms with Gasteiger partial charge in [-0.2, -0.15) is 5.10 Å². The first-order valence-electron chi connectivity index (χ1n) is 6.07. The standard InChI is InChI=1S/C14H17Br2N3/c1-10-12(8-15)14(19(3)17-10)18(2)9-11-6-4-5-7-13(11)16/h4-7H,8-9H2,1-3H3. The van der Waals surface area contributed by atoms with Gasteiger partial charge in [0.25, 0.3) is 0 Å². The van der Waals surface area contributed by atoms with Crippen LogP contribution < -0.4 is 4.90 Å². The number of aromatic nitrogens is 2. The zero-order valence-corrected chi connectivity index (χ0v) is 14.5. The van der Waals surface area contributed by atoms with Gasteiger partial charge in [0.05, 0.1) is 5.69 Å². The lowest BCUT2D eigenvalue weighted by atomic mass is 10.2. The van der Waals surface area contributed by atoms with Crippen molar-refractivity contribution in [3.05, 3.63) is 45.6 Å². The quantitative estimate of drug-likeness (QED) is 0.740. The van der Waals surface area contributed by atoms with Crippen LogP contribution >= 0.6 is 31.9 Å². The molecule has 0 bridgehead atoms. The average molecular weight is 387 g/mol. The first kappa shape index (κ1) is 14.6. The Hall–Kier alpha value is -0.810. The third-order valence-corrected chi connectivity index (χ3v) is 4.51. The molecular weight excluding hydrogens is 370 g/mol. The number of aryl methyl sites for hydroxylation is 2. The highest BCUT2D eigenvalue weighted by molar-refractivity contribution is 9.10. The lowest BCUT2D eigenvalue weighted by Gasteiger charge is -2.21. The maximum atomic E-state index is 4.50. The van der Waals surface area contributed by atoms with Gasteiger partial charge in [-0.25, -0.2) is 0 Å². The van der Waals surface area contributed by atoms with E-state index in [1.54, 1.807) is 0 Å². The van der Waals surface area contributed by atoms with Crippen molar-refractivity contribution in [3.63, 3.8) is 0 Å². The van der Waals surface area contributed by atoms with E-state index in [4.69, 9.17) is 0 Å². The lowest BCUT2D eigenvalue weighted by Crippen LogP contribution is -2.20. The molecule has 2 aromatic rings. The van der Waals surface area contributed by atoms with E-state index in [0.29, 0.717) is 0 Å². The topological polar surface area (TPSA) is 21.1 Å². The molecule has 0 amide bonds. The van der Waals surface area contributed by atoms with Crippen molar-refractivity contribution in [2.24, 2.45) is 7.05 Å². The second-order valence-corrected chi connectivity index (χ2v) is 6.01. The normalized spacial score (nSPS) is 10.8. The van der Waals surface area contributed by atoms with Crippen LogP contribution in [0.3, 0.4) is 0 Å². The fraction of sp³-hybridized carbons (Fsp3) is 0.357. The predicted octanol–water partition coefficient (Wildman–Crippen LogP) is 4.02. The number of halogens is 2. The van der Waals surface area contributed by atoms with Crippen molar-refractivity contribution in [2.45, 2.75) is 18.8 Å². The first-order valence-corrected chi connectivity index (χ1v) is 7.99. The van der Waals surface area contributed by atoms with Crippen molar-refractivity contribution < 1.29 is 0 Å². The largest absolute Gasteiger partial charge is 0.355 e. The number of rotatable bonds is 4. The maximum Gasteiger partial charge on any atom is 0.130 e. The van der Waals surface area contributed by atoms with E-state index in [1.807, 2.05) is 24.7 Å². The van der Waals surface area contributed by atoms with Crippen molar-refractivity contribution >= 4 is 37.7 Å². The molecule has 0 atom stereocenters. The molecule has 2 rings (SSSR count). The molecule has 0 aliphatic heterocycles. The molecule has 0 spiro atoms. The average Bonchev–Trinajstić information content (AvgIpc) is 2.66. The van der Waals surface area contributed by atoms with E-state index in [0.717, 1.165) is 27.9 Å². The fourth-order valence-electron chi connectivity index (χ4n) is 2.28. The van der Waals surface area contributed by atoms with E-state index >= 15 is 0 Å². The molecule has 0 radical (unpaired) electrons. The molecule has 0 aliphatic carbocycles. The zero-order chi connectivity index (χ0) is 14.0. The monoisotopic (exact) mass is 385 g/mol. The summed E-state index contributed by atoms with van der Waals surface area (Å²) >= 11 is 7.15. The highest BCUT2D eigenvalue weighted by Crippen LogP contribution is 2.27. The molecule has 19 heavy (non-hydrogen) atoms. The van der Waals surface area contributed by atoms with Gasteiger partial charge in [-0.05, 0) is 18.6 Å². The molecule has 5 heteroatoms. The fourth-order valence-corrected chi connectivity index (χ4v) is 3.35. The number of nitrogens with zero attached hydrogens (tertiary/aromatic N) is 3. The highest BCUT2D eigenvalue weighted by atomic mass is 79.9. The van der Waals surface area contributed by atoms with Gasteiger partial charge < -0.3 is 4.90 Å². The van der Waals surface area contributed by atoms with Crippen LogP contribution in [-0.2, 0) is 18.9 Å². The molecule has 0 N–H and O–H groups in total. The lowest BCUT2D eigenvalue weighted by molar-refractivity contribution is 0.726. The van der Waals surface area contributed by atoms with Crippen LogP contribution in [0.15, 0.2) is 28.7 Å². The molecule has 1 heterocycles. The predicted molar refractivity (Wildman–Crippen MR) is 86.8 cm³/mol. The minimum absolute atomic E-state index is 0.822. The summed E-state index contributed by atoms with van der Waals surface area (Å²) in [5, 5.41) is 5.32. The van der Waals surface area contributed by atoms with Gasteiger partial charge >= 0.3 is 0 Å². The Kier molecular flexibility index (Phi) is 4.68. The molecule has 0 unspecified atom stereocenters. The van der Waals surface area contributed by atoms with Gasteiger partial charge in [-0.15, -0.1) is 0 Å². The summed E-state index contributed by atoms with van der Waals surface area (Å²) in [5.41, 5.74) is 3.59. The van der Waals surface area contributed by atoms with Crippen molar-refractivity contribution in [2.75, 3.05) is 11.9 Å². The molecule has 102 valence electrons. The summed E-state index contributed by atoms with van der Waals surface area (Å²) in [6.45, 7) is 2.90. The third kappa shape index (κ3) is 3.03. The van der Waals surface area contributed by atoms with E-state index < -0.39 is 0 Å². The molecule has 0 fully saturated rings. The van der Waals surface area contributed by atoms with Crippen LogP contribution in [0.2, 0.25) is 0 Å². The molecule has 3 nitrogen and oxygen atoms in total. The van der Waals surface area contributed by atoms with E-state index in [9.17, 15) is 0 Å². The van der Waals surface area contributed by atoms with Crippen LogP contribution in [0.1, 0.15) is 16.8 Å². The van der Waals surface area contributed by atoms with Gasteiger partial charge in [-0.1, -0.05) is 50.1 Å². The number of anilines is 1. The Labute approximate surface area is 130 Å². The summed E-state index contributed by atoms with van der Waals surface area (Å²) in [6.07, 6.45) is 0.